The van der Waals surface area contributed by atoms with Crippen molar-refractivity contribution in [2.24, 2.45) is 11.1 Å². The molecule has 2 aliphatic rings. The number of rotatable bonds is 5. The fraction of sp³-hybridized carbons (Fsp3) is 0.364. The number of carbonyl (C=O) groups excluding carboxylic acids is 1. The molecule has 0 radical (unpaired) electrons. The smallest absolute Gasteiger partial charge is 0.310 e. The molecule has 1 aliphatic heterocycles. The van der Waals surface area contributed by atoms with Crippen LogP contribution >= 0.6 is 0 Å². The van der Waals surface area contributed by atoms with Gasteiger partial charge in [-0.15, -0.1) is 0 Å². The van der Waals surface area contributed by atoms with Gasteiger partial charge in [0.15, 0.2) is 0 Å². The molecule has 0 unspecified atom stereocenters. The summed E-state index contributed by atoms with van der Waals surface area (Å²) in [6.07, 6.45) is 1.70. The Labute approximate surface area is 159 Å². The number of nitrogens with one attached hydrogen (secondary N) is 1. The minimum Gasteiger partial charge on any atom is -0.466 e. The van der Waals surface area contributed by atoms with E-state index in [9.17, 15) is 4.79 Å². The fourth-order valence-electron chi connectivity index (χ4n) is 3.80. The van der Waals surface area contributed by atoms with E-state index in [0.717, 1.165) is 29.7 Å². The third kappa shape index (κ3) is 3.60. The molecule has 0 saturated carbocycles. The second-order valence-corrected chi connectivity index (χ2v) is 6.96. The van der Waals surface area contributed by atoms with Crippen LogP contribution in [0.25, 0.3) is 11.1 Å². The number of carbonyl (C=O) groups is 1. The fourth-order valence-corrected chi connectivity index (χ4v) is 3.80. The Morgan fingerprint density at radius 3 is 2.22 bits per heavy atom. The van der Waals surface area contributed by atoms with E-state index < -0.39 is 0 Å². The van der Waals surface area contributed by atoms with Crippen LogP contribution in [-0.2, 0) is 14.4 Å². The monoisotopic (exact) mass is 364 g/mol. The van der Waals surface area contributed by atoms with Crippen LogP contribution in [0.4, 0.5) is 0 Å². The lowest BCUT2D eigenvalue weighted by molar-refractivity contribution is -0.148. The van der Waals surface area contributed by atoms with Crippen LogP contribution in [0.2, 0.25) is 0 Å². The normalized spacial score (nSPS) is 20.6. The maximum Gasteiger partial charge on any atom is 0.310 e. The highest BCUT2D eigenvalue weighted by molar-refractivity contribution is 6.24. The van der Waals surface area contributed by atoms with E-state index in [0.29, 0.717) is 19.8 Å². The lowest BCUT2D eigenvalue weighted by Crippen LogP contribution is -2.44. The lowest BCUT2D eigenvalue weighted by atomic mass is 9.95. The summed E-state index contributed by atoms with van der Waals surface area (Å²) in [6.45, 7) is 3.39. The molecule has 27 heavy (non-hydrogen) atoms. The van der Waals surface area contributed by atoms with Crippen molar-refractivity contribution in [3.63, 3.8) is 0 Å². The molecule has 2 atom stereocenters. The third-order valence-electron chi connectivity index (χ3n) is 5.22. The quantitative estimate of drug-likeness (QED) is 0.557. The molecule has 0 aromatic heterocycles. The number of hydrogen-bond donors (Lipinski definition) is 1. The molecule has 140 valence electrons. The Kier molecular flexibility index (Phi) is 5.21. The minimum atomic E-state index is -0.108. The first kappa shape index (κ1) is 17.7. The Hall–Kier alpha value is -2.66. The highest BCUT2D eigenvalue weighted by Crippen LogP contribution is 2.36. The molecule has 2 aromatic carbocycles. The maximum atomic E-state index is 11.8. The number of oxime groups is 1. The van der Waals surface area contributed by atoms with Crippen LogP contribution in [-0.4, -0.2) is 37.5 Å². The van der Waals surface area contributed by atoms with Crippen molar-refractivity contribution in [3.05, 3.63) is 59.7 Å². The zero-order valence-corrected chi connectivity index (χ0v) is 15.5. The van der Waals surface area contributed by atoms with Gasteiger partial charge in [0.25, 0.3) is 0 Å². The highest BCUT2D eigenvalue weighted by Gasteiger charge is 2.28. The molecule has 1 aliphatic carbocycles. The summed E-state index contributed by atoms with van der Waals surface area (Å²) in [5.41, 5.74) is 5.50. The topological polar surface area (TPSA) is 59.9 Å². The number of benzene rings is 2. The average molecular weight is 364 g/mol. The first-order chi connectivity index (χ1) is 13.3. The molecule has 2 aromatic rings. The molecule has 0 amide bonds. The van der Waals surface area contributed by atoms with E-state index in [1.54, 1.807) is 0 Å². The van der Waals surface area contributed by atoms with Gasteiger partial charge in [-0.1, -0.05) is 53.7 Å². The number of nitrogens with zero attached hydrogens (tertiary/aromatic N) is 1. The summed E-state index contributed by atoms with van der Waals surface area (Å²) >= 11 is 0. The van der Waals surface area contributed by atoms with Gasteiger partial charge in [0.1, 0.15) is 12.3 Å². The summed E-state index contributed by atoms with van der Waals surface area (Å²) in [5.74, 6) is -0.162. The number of fused-ring (bicyclic) bond motifs is 3. The lowest BCUT2D eigenvalue weighted by Gasteiger charge is -2.27. The molecule has 0 bridgehead atoms. The summed E-state index contributed by atoms with van der Waals surface area (Å²) < 4.78 is 5.10. The van der Waals surface area contributed by atoms with Crippen molar-refractivity contribution in [1.29, 1.82) is 0 Å². The Morgan fingerprint density at radius 1 is 1.04 bits per heavy atom. The van der Waals surface area contributed by atoms with Crippen molar-refractivity contribution >= 4 is 11.7 Å². The van der Waals surface area contributed by atoms with Crippen molar-refractivity contribution in [2.45, 2.75) is 25.8 Å². The molecular weight excluding hydrogens is 340 g/mol. The zero-order valence-electron chi connectivity index (χ0n) is 15.5. The van der Waals surface area contributed by atoms with Gasteiger partial charge in [0.2, 0.25) is 0 Å². The van der Waals surface area contributed by atoms with Crippen molar-refractivity contribution in [2.75, 3.05) is 19.8 Å². The number of esters is 1. The van der Waals surface area contributed by atoms with Crippen molar-refractivity contribution < 1.29 is 14.4 Å². The van der Waals surface area contributed by atoms with Crippen LogP contribution in [0.5, 0.6) is 0 Å². The van der Waals surface area contributed by atoms with Crippen LogP contribution in [0, 0.1) is 5.92 Å². The van der Waals surface area contributed by atoms with Crippen LogP contribution in [0.3, 0.4) is 0 Å². The molecule has 0 spiro atoms. The van der Waals surface area contributed by atoms with Crippen molar-refractivity contribution in [1.82, 2.24) is 5.32 Å². The van der Waals surface area contributed by atoms with Crippen LogP contribution in [0.15, 0.2) is 53.7 Å². The van der Waals surface area contributed by atoms with Gasteiger partial charge in [0.05, 0.1) is 12.5 Å². The van der Waals surface area contributed by atoms with Gasteiger partial charge < -0.3 is 14.9 Å². The molecule has 1 fully saturated rings. The SMILES string of the molecule is CCOC(=O)[C@@H]1CC[C@@H](CON=C2c3ccccc3-c3ccccc32)NC1. The first-order valence-electron chi connectivity index (χ1n) is 9.57. The Bertz CT molecular complexity index is 807. The molecule has 5 heteroatoms. The van der Waals surface area contributed by atoms with E-state index in [-0.39, 0.29) is 17.9 Å². The average Bonchev–Trinajstić information content (AvgIpc) is 3.03. The Morgan fingerprint density at radius 2 is 1.67 bits per heavy atom. The van der Waals surface area contributed by atoms with E-state index in [1.165, 1.54) is 11.1 Å². The summed E-state index contributed by atoms with van der Waals surface area (Å²) in [4.78, 5) is 17.5. The Balaban J connectivity index is 1.39. The van der Waals surface area contributed by atoms with Gasteiger partial charge in [-0.3, -0.25) is 4.79 Å². The van der Waals surface area contributed by atoms with Gasteiger partial charge >= 0.3 is 5.97 Å². The van der Waals surface area contributed by atoms with Crippen LogP contribution in [0.1, 0.15) is 30.9 Å². The van der Waals surface area contributed by atoms with E-state index in [4.69, 9.17) is 9.57 Å². The summed E-state index contributed by atoms with van der Waals surface area (Å²) in [7, 11) is 0. The predicted molar refractivity (Wildman–Crippen MR) is 105 cm³/mol. The van der Waals surface area contributed by atoms with Gasteiger partial charge in [-0.05, 0) is 30.9 Å². The molecule has 1 heterocycles. The molecule has 1 N–H and O–H groups in total. The molecule has 1 saturated heterocycles. The summed E-state index contributed by atoms with van der Waals surface area (Å²) in [6, 6.07) is 16.8. The van der Waals surface area contributed by atoms with Gasteiger partial charge in [-0.2, -0.15) is 0 Å². The van der Waals surface area contributed by atoms with E-state index in [1.807, 2.05) is 31.2 Å². The molecular formula is C22H24N2O3. The highest BCUT2D eigenvalue weighted by atomic mass is 16.6. The van der Waals surface area contributed by atoms with Crippen LogP contribution < -0.4 is 5.32 Å². The minimum absolute atomic E-state index is 0.0545. The maximum absolute atomic E-state index is 11.8. The van der Waals surface area contributed by atoms with Gasteiger partial charge in [0, 0.05) is 23.7 Å². The second kappa shape index (κ2) is 7.92. The zero-order chi connectivity index (χ0) is 18.6. The number of hydrogen-bond acceptors (Lipinski definition) is 5. The number of piperidine rings is 1. The van der Waals surface area contributed by atoms with Crippen molar-refractivity contribution in [3.8, 4) is 11.1 Å². The second-order valence-electron chi connectivity index (χ2n) is 6.96. The molecule has 4 rings (SSSR count). The first-order valence-corrected chi connectivity index (χ1v) is 9.57. The van der Waals surface area contributed by atoms with E-state index >= 15 is 0 Å². The summed E-state index contributed by atoms with van der Waals surface area (Å²) in [5, 5.41) is 7.85. The molecule has 5 nitrogen and oxygen atoms in total. The largest absolute Gasteiger partial charge is 0.466 e. The predicted octanol–water partition coefficient (Wildman–Crippen LogP) is 3.37. The standard InChI is InChI=1S/C22H24N2O3/c1-2-26-22(25)15-11-12-16(23-13-15)14-27-24-21-19-9-5-3-7-17(19)18-8-4-6-10-20(18)21/h3-10,15-16,23H,2,11-14H2,1H3/t15-,16+/m1/s1. The van der Waals surface area contributed by atoms with Gasteiger partial charge in [-0.25, -0.2) is 0 Å². The number of ether oxygens (including phenoxy) is 1. The van der Waals surface area contributed by atoms with E-state index in [2.05, 4.69) is 34.7 Å². The third-order valence-corrected chi connectivity index (χ3v) is 5.22.